The van der Waals surface area contributed by atoms with Gasteiger partial charge in [0.2, 0.25) is 0 Å². The summed E-state index contributed by atoms with van der Waals surface area (Å²) >= 11 is 0. The van der Waals surface area contributed by atoms with Crippen LogP contribution in [0.25, 0.3) is 0 Å². The van der Waals surface area contributed by atoms with Crippen LogP contribution in [-0.2, 0) is 31.9 Å². The van der Waals surface area contributed by atoms with Crippen LogP contribution < -0.4 is 9.47 Å². The van der Waals surface area contributed by atoms with Gasteiger partial charge in [0, 0.05) is 30.3 Å². The fraction of sp³-hybridized carbons (Fsp3) is 0.343. The molecule has 1 unspecified atom stereocenters. The van der Waals surface area contributed by atoms with Gasteiger partial charge in [0.15, 0.2) is 11.5 Å². The largest absolute Gasteiger partial charge is 0.493 e. The third kappa shape index (κ3) is 7.44. The summed E-state index contributed by atoms with van der Waals surface area (Å²) in [5, 5.41) is 0. The molecule has 0 fully saturated rings. The van der Waals surface area contributed by atoms with Gasteiger partial charge in [-0.05, 0) is 74.4 Å². The normalized spacial score (nSPS) is 14.9. The van der Waals surface area contributed by atoms with Gasteiger partial charge in [-0.25, -0.2) is 9.59 Å². The van der Waals surface area contributed by atoms with Crippen LogP contribution in [0.5, 0.6) is 11.5 Å². The monoisotopic (exact) mass is 584 g/mol. The lowest BCUT2D eigenvalue weighted by Gasteiger charge is -2.38. The predicted molar refractivity (Wildman–Crippen MR) is 165 cm³/mol. The van der Waals surface area contributed by atoms with Crippen LogP contribution in [0.4, 0.5) is 0 Å². The molecule has 1 atom stereocenters. The summed E-state index contributed by atoms with van der Waals surface area (Å²) in [6.45, 7) is 4.67. The van der Waals surface area contributed by atoms with E-state index in [2.05, 4.69) is 17.1 Å². The first-order chi connectivity index (χ1) is 20.9. The maximum atomic E-state index is 13.9. The van der Waals surface area contributed by atoms with E-state index in [1.165, 1.54) is 12.7 Å². The fourth-order valence-corrected chi connectivity index (χ4v) is 5.60. The molecule has 0 saturated carbocycles. The highest BCUT2D eigenvalue weighted by molar-refractivity contribution is 6.00. The molecule has 0 N–H and O–H groups in total. The fourth-order valence-electron chi connectivity index (χ4n) is 5.60. The predicted octanol–water partition coefficient (Wildman–Crippen LogP) is 6.03. The number of allylic oxidation sites excluding steroid dienone is 2. The Hall–Kier alpha value is -4.59. The molecule has 43 heavy (non-hydrogen) atoms. The molecule has 4 rings (SSSR count). The second-order valence-electron chi connectivity index (χ2n) is 10.4. The Morgan fingerprint density at radius 1 is 0.791 bits per heavy atom. The molecule has 226 valence electrons. The average molecular weight is 585 g/mol. The van der Waals surface area contributed by atoms with Gasteiger partial charge in [0.05, 0.1) is 45.0 Å². The van der Waals surface area contributed by atoms with Gasteiger partial charge in [-0.2, -0.15) is 0 Å². The third-order valence-electron chi connectivity index (χ3n) is 7.79. The lowest BCUT2D eigenvalue weighted by molar-refractivity contribution is -0.139. The molecule has 1 aliphatic rings. The van der Waals surface area contributed by atoms with Gasteiger partial charge in [0.1, 0.15) is 0 Å². The lowest BCUT2D eigenvalue weighted by Crippen LogP contribution is -2.36. The first-order valence-electron chi connectivity index (χ1n) is 14.5. The van der Waals surface area contributed by atoms with E-state index < -0.39 is 17.9 Å². The van der Waals surface area contributed by atoms with Crippen LogP contribution in [-0.4, -0.2) is 56.3 Å². The van der Waals surface area contributed by atoms with Crippen molar-refractivity contribution in [2.24, 2.45) is 0 Å². The van der Waals surface area contributed by atoms with Crippen molar-refractivity contribution < 1.29 is 28.5 Å². The number of carbonyl (C=O) groups is 2. The van der Waals surface area contributed by atoms with E-state index in [4.69, 9.17) is 18.9 Å². The standard InChI is InChI=1S/C35H40N2O6/c1-24-31(34(38)42-5)33(28-17-18-29(40-3)30(22-28)41-4)32(35(39)43-21-11-16-27-14-9-19-36-23-27)25(2)37(24)20-10-15-26-12-7-6-8-13-26/h6-9,12-14,17-19,22-23,33H,10-11,15-16,20-21H2,1-5H3. The smallest absolute Gasteiger partial charge is 0.336 e. The van der Waals surface area contributed by atoms with E-state index in [9.17, 15) is 9.59 Å². The molecule has 0 saturated heterocycles. The number of aromatic nitrogens is 1. The molecular formula is C35H40N2O6. The van der Waals surface area contributed by atoms with Crippen LogP contribution >= 0.6 is 0 Å². The van der Waals surface area contributed by atoms with Crippen molar-refractivity contribution in [2.45, 2.75) is 45.4 Å². The number of hydrogen-bond donors (Lipinski definition) is 0. The van der Waals surface area contributed by atoms with Crippen molar-refractivity contribution in [3.63, 3.8) is 0 Å². The maximum absolute atomic E-state index is 13.9. The van der Waals surface area contributed by atoms with Gasteiger partial charge in [-0.3, -0.25) is 4.98 Å². The Labute approximate surface area is 253 Å². The summed E-state index contributed by atoms with van der Waals surface area (Å²) < 4.78 is 22.2. The number of methoxy groups -OCH3 is 3. The molecule has 3 aromatic rings. The molecule has 1 aromatic heterocycles. The SMILES string of the molecule is COC(=O)C1=C(C)N(CCCc2ccccc2)C(C)=C(C(=O)OCCCc2cccnc2)C1c1ccc(OC)c(OC)c1. The van der Waals surface area contributed by atoms with Crippen molar-refractivity contribution in [1.82, 2.24) is 9.88 Å². The van der Waals surface area contributed by atoms with E-state index in [0.717, 1.165) is 36.2 Å². The Bertz CT molecular complexity index is 1470. The zero-order valence-corrected chi connectivity index (χ0v) is 25.6. The Balaban J connectivity index is 1.69. The van der Waals surface area contributed by atoms with Crippen LogP contribution in [0.2, 0.25) is 0 Å². The number of esters is 2. The van der Waals surface area contributed by atoms with Crippen molar-refractivity contribution in [1.29, 1.82) is 0 Å². The number of pyridine rings is 1. The summed E-state index contributed by atoms with van der Waals surface area (Å²) in [5.41, 5.74) is 5.28. The maximum Gasteiger partial charge on any atom is 0.336 e. The van der Waals surface area contributed by atoms with Crippen LogP contribution in [0, 0.1) is 0 Å². The molecule has 0 radical (unpaired) electrons. The van der Waals surface area contributed by atoms with E-state index >= 15 is 0 Å². The molecule has 1 aliphatic heterocycles. The minimum atomic E-state index is -0.719. The minimum Gasteiger partial charge on any atom is -0.493 e. The summed E-state index contributed by atoms with van der Waals surface area (Å²) in [5.74, 6) is -0.646. The first-order valence-corrected chi connectivity index (χ1v) is 14.5. The first kappa shape index (κ1) is 31.3. The molecule has 8 nitrogen and oxygen atoms in total. The van der Waals surface area contributed by atoms with Crippen molar-refractivity contribution >= 4 is 11.9 Å². The van der Waals surface area contributed by atoms with Crippen LogP contribution in [0.1, 0.15) is 49.3 Å². The van der Waals surface area contributed by atoms with E-state index in [1.54, 1.807) is 32.5 Å². The number of nitrogens with zero attached hydrogens (tertiary/aromatic N) is 2. The van der Waals surface area contributed by atoms with Crippen molar-refractivity contribution in [3.05, 3.63) is 112 Å². The molecule has 8 heteroatoms. The van der Waals surface area contributed by atoms with Crippen molar-refractivity contribution in [3.8, 4) is 11.5 Å². The minimum absolute atomic E-state index is 0.230. The molecular weight excluding hydrogens is 544 g/mol. The van der Waals surface area contributed by atoms with Gasteiger partial charge in [0.25, 0.3) is 0 Å². The molecule has 0 spiro atoms. The molecule has 0 bridgehead atoms. The summed E-state index contributed by atoms with van der Waals surface area (Å²) in [6, 6.07) is 19.6. The second-order valence-corrected chi connectivity index (χ2v) is 10.4. The Morgan fingerprint density at radius 2 is 1.47 bits per heavy atom. The number of benzene rings is 2. The lowest BCUT2D eigenvalue weighted by atomic mass is 9.79. The third-order valence-corrected chi connectivity index (χ3v) is 7.79. The summed E-state index contributed by atoms with van der Waals surface area (Å²) in [4.78, 5) is 33.6. The summed E-state index contributed by atoms with van der Waals surface area (Å²) in [6.07, 6.45) is 6.60. The Kier molecular flexibility index (Phi) is 11.0. The van der Waals surface area contributed by atoms with Crippen LogP contribution in [0.3, 0.4) is 0 Å². The van der Waals surface area contributed by atoms with Gasteiger partial charge in [-0.15, -0.1) is 0 Å². The highest BCUT2D eigenvalue weighted by atomic mass is 16.5. The highest BCUT2D eigenvalue weighted by Gasteiger charge is 2.40. The average Bonchev–Trinajstić information content (AvgIpc) is 3.04. The number of aryl methyl sites for hydroxylation is 2. The van der Waals surface area contributed by atoms with Crippen molar-refractivity contribution in [2.75, 3.05) is 34.5 Å². The number of hydrogen-bond acceptors (Lipinski definition) is 8. The van der Waals surface area contributed by atoms with Gasteiger partial charge >= 0.3 is 11.9 Å². The number of carbonyl (C=O) groups excluding carboxylic acids is 2. The number of ether oxygens (including phenoxy) is 4. The van der Waals surface area contributed by atoms with E-state index in [1.807, 2.05) is 61.3 Å². The quantitative estimate of drug-likeness (QED) is 0.178. The topological polar surface area (TPSA) is 87.2 Å². The molecule has 2 heterocycles. The Morgan fingerprint density at radius 3 is 2.12 bits per heavy atom. The van der Waals surface area contributed by atoms with Gasteiger partial charge < -0.3 is 23.8 Å². The zero-order valence-electron chi connectivity index (χ0n) is 25.6. The summed E-state index contributed by atoms with van der Waals surface area (Å²) in [7, 11) is 4.47. The molecule has 0 aliphatic carbocycles. The second kappa shape index (κ2) is 15.0. The number of rotatable bonds is 13. The van der Waals surface area contributed by atoms with E-state index in [0.29, 0.717) is 41.2 Å². The zero-order chi connectivity index (χ0) is 30.8. The highest BCUT2D eigenvalue weighted by Crippen LogP contribution is 2.44. The molecule has 0 amide bonds. The van der Waals surface area contributed by atoms with Crippen LogP contribution in [0.15, 0.2) is 95.6 Å². The van der Waals surface area contributed by atoms with E-state index in [-0.39, 0.29) is 6.61 Å². The van der Waals surface area contributed by atoms with Gasteiger partial charge in [-0.1, -0.05) is 42.5 Å². The molecule has 2 aromatic carbocycles.